The summed E-state index contributed by atoms with van der Waals surface area (Å²) in [5.74, 6) is 6.82. The number of aliphatic hydroxyl groups excluding tert-OH is 1. The van der Waals surface area contributed by atoms with E-state index in [0.717, 1.165) is 11.3 Å². The van der Waals surface area contributed by atoms with Gasteiger partial charge in [0.25, 0.3) is 0 Å². The van der Waals surface area contributed by atoms with E-state index < -0.39 is 0 Å². The predicted octanol–water partition coefficient (Wildman–Crippen LogP) is 2.01. The zero-order valence-corrected chi connectivity index (χ0v) is 11.2. The van der Waals surface area contributed by atoms with Crippen molar-refractivity contribution in [2.45, 2.75) is 6.61 Å². The van der Waals surface area contributed by atoms with Gasteiger partial charge in [-0.2, -0.15) is 0 Å². The lowest BCUT2D eigenvalue weighted by atomic mass is 10.2. The van der Waals surface area contributed by atoms with Crippen LogP contribution in [0.15, 0.2) is 42.7 Å². The van der Waals surface area contributed by atoms with Crippen LogP contribution < -0.4 is 9.47 Å². The number of benzene rings is 1. The third-order valence-corrected chi connectivity index (χ3v) is 2.59. The van der Waals surface area contributed by atoms with Crippen molar-refractivity contribution in [1.29, 1.82) is 0 Å². The van der Waals surface area contributed by atoms with Gasteiger partial charge in [0.05, 0.1) is 13.3 Å². The maximum absolute atomic E-state index is 8.66. The van der Waals surface area contributed by atoms with Crippen molar-refractivity contribution in [1.82, 2.24) is 4.98 Å². The van der Waals surface area contributed by atoms with E-state index in [1.807, 2.05) is 24.3 Å². The zero-order chi connectivity index (χ0) is 14.2. The van der Waals surface area contributed by atoms with Gasteiger partial charge in [-0.15, -0.1) is 0 Å². The van der Waals surface area contributed by atoms with Gasteiger partial charge >= 0.3 is 0 Å². The SMILES string of the molecule is COc1ccc(COc2cncc(C#CCO)c2)cc1. The van der Waals surface area contributed by atoms with Crippen molar-refractivity contribution in [2.75, 3.05) is 13.7 Å². The Balaban J connectivity index is 1.99. The fourth-order valence-corrected chi connectivity index (χ4v) is 1.60. The summed E-state index contributed by atoms with van der Waals surface area (Å²) in [7, 11) is 1.64. The summed E-state index contributed by atoms with van der Waals surface area (Å²) < 4.78 is 10.8. The molecule has 4 heteroatoms. The molecule has 0 bridgehead atoms. The quantitative estimate of drug-likeness (QED) is 0.863. The van der Waals surface area contributed by atoms with Crippen molar-refractivity contribution in [3.05, 3.63) is 53.9 Å². The molecule has 0 atom stereocenters. The van der Waals surface area contributed by atoms with Crippen LogP contribution in [0.1, 0.15) is 11.1 Å². The minimum Gasteiger partial charge on any atom is -0.497 e. The van der Waals surface area contributed by atoms with Crippen LogP contribution in [0, 0.1) is 11.8 Å². The molecule has 0 fully saturated rings. The van der Waals surface area contributed by atoms with Gasteiger partial charge in [-0.1, -0.05) is 24.0 Å². The van der Waals surface area contributed by atoms with Crippen molar-refractivity contribution in [3.8, 4) is 23.3 Å². The molecule has 0 amide bonds. The lowest BCUT2D eigenvalue weighted by Crippen LogP contribution is -1.96. The zero-order valence-electron chi connectivity index (χ0n) is 11.2. The van der Waals surface area contributed by atoms with Crippen LogP contribution in [0.4, 0.5) is 0 Å². The number of hydrogen-bond acceptors (Lipinski definition) is 4. The number of hydrogen-bond donors (Lipinski definition) is 1. The molecule has 0 unspecified atom stereocenters. The molecule has 0 saturated heterocycles. The smallest absolute Gasteiger partial charge is 0.139 e. The van der Waals surface area contributed by atoms with Crippen molar-refractivity contribution in [2.24, 2.45) is 0 Å². The number of aromatic nitrogens is 1. The van der Waals surface area contributed by atoms with Gasteiger partial charge < -0.3 is 14.6 Å². The van der Waals surface area contributed by atoms with Gasteiger partial charge in [0, 0.05) is 11.8 Å². The lowest BCUT2D eigenvalue weighted by molar-refractivity contribution is 0.304. The van der Waals surface area contributed by atoms with Gasteiger partial charge in [-0.05, 0) is 23.8 Å². The minimum atomic E-state index is -0.170. The second kappa shape index (κ2) is 7.17. The fraction of sp³-hybridized carbons (Fsp3) is 0.188. The van der Waals surface area contributed by atoms with E-state index in [2.05, 4.69) is 16.8 Å². The van der Waals surface area contributed by atoms with E-state index in [-0.39, 0.29) is 6.61 Å². The fourth-order valence-electron chi connectivity index (χ4n) is 1.60. The molecular weight excluding hydrogens is 254 g/mol. The second-order valence-corrected chi connectivity index (χ2v) is 4.01. The molecule has 1 N–H and O–H groups in total. The minimum absolute atomic E-state index is 0.170. The second-order valence-electron chi connectivity index (χ2n) is 4.01. The number of nitrogens with zero attached hydrogens (tertiary/aromatic N) is 1. The van der Waals surface area contributed by atoms with E-state index >= 15 is 0 Å². The van der Waals surface area contributed by atoms with Gasteiger partial charge in [0.1, 0.15) is 24.7 Å². The summed E-state index contributed by atoms with van der Waals surface area (Å²) in [6, 6.07) is 9.46. The highest BCUT2D eigenvalue weighted by atomic mass is 16.5. The largest absolute Gasteiger partial charge is 0.497 e. The number of ether oxygens (including phenoxy) is 2. The average molecular weight is 269 g/mol. The number of pyridine rings is 1. The first-order valence-corrected chi connectivity index (χ1v) is 6.12. The average Bonchev–Trinajstić information content (AvgIpc) is 2.52. The summed E-state index contributed by atoms with van der Waals surface area (Å²) in [6.07, 6.45) is 3.26. The van der Waals surface area contributed by atoms with Crippen LogP contribution in [-0.2, 0) is 6.61 Å². The summed E-state index contributed by atoms with van der Waals surface area (Å²) in [4.78, 5) is 4.05. The lowest BCUT2D eigenvalue weighted by Gasteiger charge is -2.07. The van der Waals surface area contributed by atoms with Gasteiger partial charge in [-0.3, -0.25) is 4.98 Å². The first-order chi connectivity index (χ1) is 9.81. The van der Waals surface area contributed by atoms with Crippen molar-refractivity contribution in [3.63, 3.8) is 0 Å². The van der Waals surface area contributed by atoms with Crippen LogP contribution >= 0.6 is 0 Å². The number of rotatable bonds is 4. The van der Waals surface area contributed by atoms with Crippen LogP contribution in [0.2, 0.25) is 0 Å². The third-order valence-electron chi connectivity index (χ3n) is 2.59. The molecular formula is C16H15NO3. The molecule has 0 aliphatic heterocycles. The Kier molecular flexibility index (Phi) is 4.99. The molecule has 0 aliphatic carbocycles. The molecule has 4 nitrogen and oxygen atoms in total. The molecule has 0 aliphatic rings. The Hall–Kier alpha value is -2.51. The Labute approximate surface area is 118 Å². The van der Waals surface area contributed by atoms with Crippen LogP contribution in [-0.4, -0.2) is 23.8 Å². The topological polar surface area (TPSA) is 51.6 Å². The molecule has 1 aromatic heterocycles. The Morgan fingerprint density at radius 3 is 2.65 bits per heavy atom. The van der Waals surface area contributed by atoms with Crippen LogP contribution in [0.5, 0.6) is 11.5 Å². The molecule has 20 heavy (non-hydrogen) atoms. The molecule has 102 valence electrons. The van der Waals surface area contributed by atoms with E-state index in [1.165, 1.54) is 0 Å². The van der Waals surface area contributed by atoms with Gasteiger partial charge in [0.2, 0.25) is 0 Å². The van der Waals surface area contributed by atoms with E-state index in [9.17, 15) is 0 Å². The standard InChI is InChI=1S/C16H15NO3/c1-19-15-6-4-13(5-7-15)12-20-16-9-14(3-2-8-18)10-17-11-16/h4-7,9-11,18H,8,12H2,1H3. The first kappa shape index (κ1) is 13.9. The van der Waals surface area contributed by atoms with E-state index in [0.29, 0.717) is 17.9 Å². The Morgan fingerprint density at radius 1 is 1.15 bits per heavy atom. The van der Waals surface area contributed by atoms with E-state index in [1.54, 1.807) is 25.6 Å². The van der Waals surface area contributed by atoms with Gasteiger partial charge in [-0.25, -0.2) is 0 Å². The molecule has 0 saturated carbocycles. The summed E-state index contributed by atoms with van der Waals surface area (Å²) >= 11 is 0. The molecule has 1 aromatic carbocycles. The molecule has 0 radical (unpaired) electrons. The molecule has 1 heterocycles. The summed E-state index contributed by atoms with van der Waals surface area (Å²) in [5, 5.41) is 8.66. The highest BCUT2D eigenvalue weighted by Gasteiger charge is 1.98. The maximum Gasteiger partial charge on any atom is 0.139 e. The highest BCUT2D eigenvalue weighted by Crippen LogP contribution is 2.15. The first-order valence-electron chi connectivity index (χ1n) is 6.12. The Bertz CT molecular complexity index is 612. The molecule has 2 rings (SSSR count). The monoisotopic (exact) mass is 269 g/mol. The van der Waals surface area contributed by atoms with E-state index in [4.69, 9.17) is 14.6 Å². The normalized spacial score (nSPS) is 9.50. The van der Waals surface area contributed by atoms with Crippen LogP contribution in [0.25, 0.3) is 0 Å². The van der Waals surface area contributed by atoms with Crippen molar-refractivity contribution >= 4 is 0 Å². The number of aliphatic hydroxyl groups is 1. The van der Waals surface area contributed by atoms with Crippen LogP contribution in [0.3, 0.4) is 0 Å². The number of methoxy groups -OCH3 is 1. The maximum atomic E-state index is 8.66. The third kappa shape index (κ3) is 4.01. The molecule has 0 spiro atoms. The summed E-state index contributed by atoms with van der Waals surface area (Å²) in [5.41, 5.74) is 1.75. The van der Waals surface area contributed by atoms with Crippen molar-refractivity contribution < 1.29 is 14.6 Å². The van der Waals surface area contributed by atoms with Gasteiger partial charge in [0.15, 0.2) is 0 Å². The highest BCUT2D eigenvalue weighted by molar-refractivity contribution is 5.37. The predicted molar refractivity (Wildman–Crippen MR) is 75.5 cm³/mol. The molecule has 2 aromatic rings. The summed E-state index contributed by atoms with van der Waals surface area (Å²) in [6.45, 7) is 0.277. The Morgan fingerprint density at radius 2 is 1.95 bits per heavy atom.